The van der Waals surface area contributed by atoms with Gasteiger partial charge in [0.25, 0.3) is 5.91 Å². The highest BCUT2D eigenvalue weighted by molar-refractivity contribution is 7.92. The first-order chi connectivity index (χ1) is 8.91. The van der Waals surface area contributed by atoms with Crippen molar-refractivity contribution < 1.29 is 13.2 Å². The topological polar surface area (TPSA) is 75.3 Å². The van der Waals surface area contributed by atoms with Crippen LogP contribution in [0.5, 0.6) is 0 Å². The molecule has 1 aromatic carbocycles. The molecule has 0 fully saturated rings. The highest BCUT2D eigenvalue weighted by Gasteiger charge is 2.24. The summed E-state index contributed by atoms with van der Waals surface area (Å²) in [7, 11) is -1.68. The molecule has 0 aromatic heterocycles. The summed E-state index contributed by atoms with van der Waals surface area (Å²) in [6.07, 6.45) is 0. The van der Waals surface area contributed by atoms with E-state index in [0.717, 1.165) is 0 Å². The summed E-state index contributed by atoms with van der Waals surface area (Å²) in [6.45, 7) is 4.28. The third-order valence-corrected chi connectivity index (χ3v) is 4.93. The van der Waals surface area contributed by atoms with Crippen molar-refractivity contribution in [2.45, 2.75) is 24.0 Å². The van der Waals surface area contributed by atoms with Gasteiger partial charge < -0.3 is 10.6 Å². The molecule has 0 saturated carbocycles. The molecule has 0 aliphatic heterocycles. The van der Waals surface area contributed by atoms with Crippen molar-refractivity contribution in [3.05, 3.63) is 29.8 Å². The van der Waals surface area contributed by atoms with Crippen LogP contribution < -0.4 is 10.6 Å². The largest absolute Gasteiger partial charge is 0.351 e. The van der Waals surface area contributed by atoms with Gasteiger partial charge in [-0.1, -0.05) is 12.1 Å². The second-order valence-corrected chi connectivity index (χ2v) is 6.92. The number of benzene rings is 1. The Kier molecular flexibility index (Phi) is 7.78. The van der Waals surface area contributed by atoms with Crippen LogP contribution in [0.2, 0.25) is 0 Å². The van der Waals surface area contributed by atoms with Gasteiger partial charge in [-0.3, -0.25) is 4.79 Å². The van der Waals surface area contributed by atoms with Crippen LogP contribution in [0.4, 0.5) is 0 Å². The highest BCUT2D eigenvalue weighted by Crippen LogP contribution is 2.20. The third kappa shape index (κ3) is 4.47. The average Bonchev–Trinajstić information content (AvgIpc) is 2.38. The van der Waals surface area contributed by atoms with Crippen LogP contribution >= 0.6 is 12.4 Å². The van der Waals surface area contributed by atoms with Gasteiger partial charge in [0, 0.05) is 13.1 Å². The van der Waals surface area contributed by atoms with Gasteiger partial charge >= 0.3 is 0 Å². The maximum atomic E-state index is 12.2. The van der Waals surface area contributed by atoms with Crippen molar-refractivity contribution in [1.82, 2.24) is 10.6 Å². The monoisotopic (exact) mass is 320 g/mol. The molecule has 1 rings (SSSR count). The Hall–Kier alpha value is -1.11. The van der Waals surface area contributed by atoms with Gasteiger partial charge in [0.05, 0.1) is 15.7 Å². The normalized spacial score (nSPS) is 11.0. The molecule has 0 saturated heterocycles. The van der Waals surface area contributed by atoms with E-state index in [0.29, 0.717) is 13.1 Å². The number of hydrogen-bond acceptors (Lipinski definition) is 4. The quantitative estimate of drug-likeness (QED) is 0.773. The number of carbonyl (C=O) groups excluding carboxylic acids is 1. The molecule has 0 bridgehead atoms. The van der Waals surface area contributed by atoms with Crippen molar-refractivity contribution >= 4 is 28.2 Å². The molecule has 0 heterocycles. The van der Waals surface area contributed by atoms with Crippen molar-refractivity contribution in [2.24, 2.45) is 0 Å². The second kappa shape index (κ2) is 8.24. The Morgan fingerprint density at radius 3 is 2.35 bits per heavy atom. The molecule has 20 heavy (non-hydrogen) atoms. The Bertz CT molecular complexity index is 544. The number of amides is 1. The van der Waals surface area contributed by atoms with E-state index < -0.39 is 15.1 Å². The SMILES string of the molecule is CNCCNC(=O)c1ccccc1S(=O)(=O)C(C)C.Cl. The number of carbonyl (C=O) groups is 1. The smallest absolute Gasteiger partial charge is 0.252 e. The molecule has 0 spiro atoms. The first-order valence-electron chi connectivity index (χ1n) is 6.17. The minimum atomic E-state index is -3.46. The van der Waals surface area contributed by atoms with E-state index in [-0.39, 0.29) is 28.8 Å². The summed E-state index contributed by atoms with van der Waals surface area (Å²) < 4.78 is 24.4. The van der Waals surface area contributed by atoms with Crippen LogP contribution in [0.25, 0.3) is 0 Å². The zero-order valence-corrected chi connectivity index (χ0v) is 13.5. The molecule has 114 valence electrons. The van der Waals surface area contributed by atoms with Gasteiger partial charge in [-0.05, 0) is 33.0 Å². The summed E-state index contributed by atoms with van der Waals surface area (Å²) in [4.78, 5) is 12.1. The molecule has 0 radical (unpaired) electrons. The molecular weight excluding hydrogens is 300 g/mol. The lowest BCUT2D eigenvalue weighted by Crippen LogP contribution is -2.31. The standard InChI is InChI=1S/C13H20N2O3S.ClH/c1-10(2)19(17,18)12-7-5-4-6-11(12)13(16)15-9-8-14-3;/h4-7,10,14H,8-9H2,1-3H3,(H,15,16);1H. The van der Waals surface area contributed by atoms with Crippen molar-refractivity contribution in [1.29, 1.82) is 0 Å². The fourth-order valence-corrected chi connectivity index (χ4v) is 2.80. The predicted octanol–water partition coefficient (Wildman–Crippen LogP) is 1.24. The first-order valence-corrected chi connectivity index (χ1v) is 7.71. The lowest BCUT2D eigenvalue weighted by atomic mass is 10.2. The number of rotatable bonds is 6. The molecular formula is C13H21ClN2O3S. The van der Waals surface area contributed by atoms with E-state index in [1.165, 1.54) is 12.1 Å². The number of halogens is 1. The Morgan fingerprint density at radius 1 is 1.20 bits per heavy atom. The first kappa shape index (κ1) is 18.9. The fourth-order valence-electron chi connectivity index (χ4n) is 1.55. The second-order valence-electron chi connectivity index (χ2n) is 4.45. The molecule has 1 amide bonds. The molecule has 0 aliphatic rings. The summed E-state index contributed by atoms with van der Waals surface area (Å²) >= 11 is 0. The van der Waals surface area contributed by atoms with Crippen LogP contribution in [0.3, 0.4) is 0 Å². The minimum absolute atomic E-state index is 0. The van der Waals surface area contributed by atoms with Gasteiger partial charge in [-0.15, -0.1) is 12.4 Å². The molecule has 1 aromatic rings. The Balaban J connectivity index is 0.00000361. The zero-order valence-electron chi connectivity index (χ0n) is 11.8. The van der Waals surface area contributed by atoms with Crippen LogP contribution in [-0.2, 0) is 9.84 Å². The van der Waals surface area contributed by atoms with Crippen molar-refractivity contribution in [3.8, 4) is 0 Å². The van der Waals surface area contributed by atoms with E-state index in [9.17, 15) is 13.2 Å². The van der Waals surface area contributed by atoms with Gasteiger partial charge in [-0.25, -0.2) is 8.42 Å². The Labute approximate surface area is 126 Å². The highest BCUT2D eigenvalue weighted by atomic mass is 35.5. The van der Waals surface area contributed by atoms with E-state index in [4.69, 9.17) is 0 Å². The number of nitrogens with one attached hydrogen (secondary N) is 2. The van der Waals surface area contributed by atoms with Gasteiger partial charge in [0.2, 0.25) is 0 Å². The molecule has 0 unspecified atom stereocenters. The summed E-state index contributed by atoms with van der Waals surface area (Å²) in [5, 5.41) is 5.03. The summed E-state index contributed by atoms with van der Waals surface area (Å²) in [6, 6.07) is 6.29. The van der Waals surface area contributed by atoms with Crippen LogP contribution in [0.1, 0.15) is 24.2 Å². The van der Waals surface area contributed by atoms with E-state index in [1.54, 1.807) is 33.0 Å². The third-order valence-electron chi connectivity index (χ3n) is 2.72. The van der Waals surface area contributed by atoms with E-state index in [2.05, 4.69) is 10.6 Å². The molecule has 7 heteroatoms. The number of hydrogen-bond donors (Lipinski definition) is 2. The van der Waals surface area contributed by atoms with Gasteiger partial charge in [0.15, 0.2) is 9.84 Å². The summed E-state index contributed by atoms with van der Waals surface area (Å²) in [5.74, 6) is -0.366. The lowest BCUT2D eigenvalue weighted by molar-refractivity contribution is 0.0951. The fraction of sp³-hybridized carbons (Fsp3) is 0.462. The van der Waals surface area contributed by atoms with E-state index >= 15 is 0 Å². The predicted molar refractivity (Wildman–Crippen MR) is 82.3 cm³/mol. The van der Waals surface area contributed by atoms with Crippen molar-refractivity contribution in [2.75, 3.05) is 20.1 Å². The molecule has 2 N–H and O–H groups in total. The zero-order chi connectivity index (χ0) is 14.5. The van der Waals surface area contributed by atoms with Crippen LogP contribution in [-0.4, -0.2) is 39.7 Å². The molecule has 0 atom stereocenters. The minimum Gasteiger partial charge on any atom is -0.351 e. The molecule has 0 aliphatic carbocycles. The van der Waals surface area contributed by atoms with Crippen LogP contribution in [0, 0.1) is 0 Å². The van der Waals surface area contributed by atoms with Gasteiger partial charge in [-0.2, -0.15) is 0 Å². The van der Waals surface area contributed by atoms with Crippen LogP contribution in [0.15, 0.2) is 29.2 Å². The summed E-state index contributed by atoms with van der Waals surface area (Å²) in [5.41, 5.74) is 0.201. The number of sulfone groups is 1. The maximum absolute atomic E-state index is 12.2. The Morgan fingerprint density at radius 2 is 1.80 bits per heavy atom. The average molecular weight is 321 g/mol. The maximum Gasteiger partial charge on any atom is 0.252 e. The molecule has 5 nitrogen and oxygen atoms in total. The van der Waals surface area contributed by atoms with Gasteiger partial charge in [0.1, 0.15) is 0 Å². The lowest BCUT2D eigenvalue weighted by Gasteiger charge is -2.12. The van der Waals surface area contributed by atoms with E-state index in [1.807, 2.05) is 0 Å². The van der Waals surface area contributed by atoms with Crippen molar-refractivity contribution in [3.63, 3.8) is 0 Å². The number of likely N-dealkylation sites (N-methyl/N-ethyl adjacent to an activating group) is 1.